The Balaban J connectivity index is 0.000000160. The summed E-state index contributed by atoms with van der Waals surface area (Å²) in [6, 6.07) is 15.4. The van der Waals surface area contributed by atoms with Crippen LogP contribution in [0.4, 0.5) is 0 Å². The first kappa shape index (κ1) is 13.9. The molecular formula is C12H12S4. The van der Waals surface area contributed by atoms with E-state index >= 15 is 0 Å². The third-order valence-electron chi connectivity index (χ3n) is 1.76. The zero-order valence-electron chi connectivity index (χ0n) is 8.41. The first-order valence-electron chi connectivity index (χ1n) is 4.55. The summed E-state index contributed by atoms with van der Waals surface area (Å²) < 4.78 is 0. The van der Waals surface area contributed by atoms with Gasteiger partial charge in [0.2, 0.25) is 0 Å². The van der Waals surface area contributed by atoms with Gasteiger partial charge in [0.15, 0.2) is 0 Å². The molecule has 0 N–H and O–H groups in total. The number of hydrogen-bond acceptors (Lipinski definition) is 4. The summed E-state index contributed by atoms with van der Waals surface area (Å²) in [7, 11) is 0. The van der Waals surface area contributed by atoms with Crippen LogP contribution in [0.3, 0.4) is 0 Å². The maximum Gasteiger partial charge on any atom is 0.0174 e. The molecule has 0 amide bonds. The molecule has 0 saturated heterocycles. The molecule has 0 spiro atoms. The smallest absolute Gasteiger partial charge is 0.0174 e. The quantitative estimate of drug-likeness (QED) is 0.502. The first-order valence-corrected chi connectivity index (χ1v) is 6.34. The third kappa shape index (κ3) is 4.78. The minimum Gasteiger partial charge on any atom is -0.142 e. The first-order chi connectivity index (χ1) is 7.61. The van der Waals surface area contributed by atoms with Gasteiger partial charge in [0, 0.05) is 19.6 Å². The molecule has 0 radical (unpaired) electrons. The zero-order valence-corrected chi connectivity index (χ0v) is 12.0. The van der Waals surface area contributed by atoms with Gasteiger partial charge in [-0.1, -0.05) is 24.3 Å². The van der Waals surface area contributed by atoms with Gasteiger partial charge in [0.05, 0.1) is 0 Å². The Morgan fingerprint density at radius 1 is 0.438 bits per heavy atom. The van der Waals surface area contributed by atoms with E-state index in [-0.39, 0.29) is 0 Å². The maximum absolute atomic E-state index is 4.12. The van der Waals surface area contributed by atoms with Crippen LogP contribution in [0.15, 0.2) is 68.1 Å². The van der Waals surface area contributed by atoms with Gasteiger partial charge in [0.25, 0.3) is 0 Å². The van der Waals surface area contributed by atoms with Gasteiger partial charge in [-0.05, 0) is 24.3 Å². The van der Waals surface area contributed by atoms with E-state index in [0.717, 1.165) is 19.6 Å². The summed E-state index contributed by atoms with van der Waals surface area (Å²) in [4.78, 5) is 3.71. The molecule has 0 aromatic heterocycles. The van der Waals surface area contributed by atoms with Crippen LogP contribution in [0.2, 0.25) is 0 Å². The number of rotatable bonds is 0. The van der Waals surface area contributed by atoms with Crippen molar-refractivity contribution in [3.63, 3.8) is 0 Å². The summed E-state index contributed by atoms with van der Waals surface area (Å²) in [5.41, 5.74) is 0. The Morgan fingerprint density at radius 3 is 0.750 bits per heavy atom. The van der Waals surface area contributed by atoms with Crippen LogP contribution in [0, 0.1) is 0 Å². The molecule has 0 atom stereocenters. The maximum atomic E-state index is 4.12. The van der Waals surface area contributed by atoms with Crippen LogP contribution < -0.4 is 0 Å². The lowest BCUT2D eigenvalue weighted by Gasteiger charge is -1.91. The molecule has 0 aliphatic rings. The van der Waals surface area contributed by atoms with Crippen LogP contribution in [0.1, 0.15) is 0 Å². The van der Waals surface area contributed by atoms with E-state index in [2.05, 4.69) is 50.5 Å². The van der Waals surface area contributed by atoms with Crippen molar-refractivity contribution in [3.8, 4) is 0 Å². The molecule has 0 nitrogen and oxygen atoms in total. The number of hydrogen-bond donors (Lipinski definition) is 4. The fourth-order valence-electron chi connectivity index (χ4n) is 0.928. The normalized spacial score (nSPS) is 9.25. The lowest BCUT2D eigenvalue weighted by atomic mass is 10.4. The van der Waals surface area contributed by atoms with E-state index in [1.165, 1.54) is 0 Å². The number of benzene rings is 2. The number of thiol groups is 4. The van der Waals surface area contributed by atoms with Gasteiger partial charge >= 0.3 is 0 Å². The van der Waals surface area contributed by atoms with Gasteiger partial charge in [-0.3, -0.25) is 0 Å². The second-order valence-corrected chi connectivity index (χ2v) is 4.90. The van der Waals surface area contributed by atoms with Crippen LogP contribution in [0.5, 0.6) is 0 Å². The Bertz CT molecular complexity index is 369. The lowest BCUT2D eigenvalue weighted by Crippen LogP contribution is -1.65. The standard InChI is InChI=1S/2C6H6S2/c2*7-5-3-1-2-4-6(5)8/h2*1-4,7-8H. The predicted molar refractivity (Wildman–Crippen MR) is 81.9 cm³/mol. The van der Waals surface area contributed by atoms with Crippen molar-refractivity contribution in [1.82, 2.24) is 0 Å². The van der Waals surface area contributed by atoms with Crippen molar-refractivity contribution >= 4 is 50.5 Å². The molecule has 0 heterocycles. The van der Waals surface area contributed by atoms with Crippen molar-refractivity contribution in [2.45, 2.75) is 19.6 Å². The van der Waals surface area contributed by atoms with Crippen LogP contribution in [-0.4, -0.2) is 0 Å². The van der Waals surface area contributed by atoms with E-state index < -0.39 is 0 Å². The van der Waals surface area contributed by atoms with Crippen LogP contribution in [0.25, 0.3) is 0 Å². The molecule has 0 bridgehead atoms. The summed E-state index contributed by atoms with van der Waals surface area (Å²) in [5, 5.41) is 0. The molecule has 0 fully saturated rings. The SMILES string of the molecule is Sc1ccccc1S.Sc1ccccc1S. The highest BCUT2D eigenvalue weighted by Gasteiger charge is 1.86. The molecule has 4 heteroatoms. The highest BCUT2D eigenvalue weighted by molar-refractivity contribution is 7.83. The Kier molecular flexibility index (Phi) is 6.28. The Morgan fingerprint density at radius 2 is 0.625 bits per heavy atom. The second-order valence-electron chi connectivity index (χ2n) is 2.98. The van der Waals surface area contributed by atoms with E-state index in [4.69, 9.17) is 0 Å². The highest BCUT2D eigenvalue weighted by Crippen LogP contribution is 2.16. The van der Waals surface area contributed by atoms with Crippen LogP contribution in [-0.2, 0) is 0 Å². The van der Waals surface area contributed by atoms with E-state index in [1.807, 2.05) is 48.5 Å². The molecule has 0 aliphatic carbocycles. The second kappa shape index (κ2) is 7.22. The third-order valence-corrected chi connectivity index (χ3v) is 3.68. The largest absolute Gasteiger partial charge is 0.142 e. The van der Waals surface area contributed by atoms with Gasteiger partial charge in [-0.25, -0.2) is 0 Å². The van der Waals surface area contributed by atoms with E-state index in [0.29, 0.717) is 0 Å². The van der Waals surface area contributed by atoms with Gasteiger partial charge in [-0.2, -0.15) is 0 Å². The van der Waals surface area contributed by atoms with Crippen molar-refractivity contribution in [3.05, 3.63) is 48.5 Å². The van der Waals surface area contributed by atoms with Gasteiger partial charge in [-0.15, -0.1) is 50.5 Å². The molecule has 2 aromatic rings. The van der Waals surface area contributed by atoms with E-state index in [1.54, 1.807) is 0 Å². The highest BCUT2D eigenvalue weighted by atomic mass is 32.1. The van der Waals surface area contributed by atoms with E-state index in [9.17, 15) is 0 Å². The minimum absolute atomic E-state index is 0.927. The molecule has 2 aromatic carbocycles. The fraction of sp³-hybridized carbons (Fsp3) is 0. The van der Waals surface area contributed by atoms with Crippen molar-refractivity contribution < 1.29 is 0 Å². The summed E-state index contributed by atoms with van der Waals surface area (Å²) in [5.74, 6) is 0. The molecule has 0 saturated carbocycles. The zero-order chi connectivity index (χ0) is 12.0. The Hall–Kier alpha value is -0.160. The molecular weight excluding hydrogens is 272 g/mol. The summed E-state index contributed by atoms with van der Waals surface area (Å²) >= 11 is 16.5. The summed E-state index contributed by atoms with van der Waals surface area (Å²) in [6.45, 7) is 0. The topological polar surface area (TPSA) is 0 Å². The average Bonchev–Trinajstić information content (AvgIpc) is 2.28. The fourth-order valence-corrected chi connectivity index (χ4v) is 1.57. The predicted octanol–water partition coefficient (Wildman–Crippen LogP) is 4.53. The lowest BCUT2D eigenvalue weighted by molar-refractivity contribution is 1.27. The molecule has 0 aliphatic heterocycles. The van der Waals surface area contributed by atoms with Crippen molar-refractivity contribution in [1.29, 1.82) is 0 Å². The molecule has 2 rings (SSSR count). The average molecular weight is 284 g/mol. The van der Waals surface area contributed by atoms with Gasteiger partial charge < -0.3 is 0 Å². The Labute approximate surface area is 118 Å². The van der Waals surface area contributed by atoms with Crippen molar-refractivity contribution in [2.24, 2.45) is 0 Å². The minimum atomic E-state index is 0.927. The molecule has 16 heavy (non-hydrogen) atoms. The molecule has 0 unspecified atom stereocenters. The van der Waals surface area contributed by atoms with Crippen molar-refractivity contribution in [2.75, 3.05) is 0 Å². The monoisotopic (exact) mass is 284 g/mol. The van der Waals surface area contributed by atoms with Gasteiger partial charge in [0.1, 0.15) is 0 Å². The molecule has 84 valence electrons. The summed E-state index contributed by atoms with van der Waals surface area (Å²) in [6.07, 6.45) is 0. The van der Waals surface area contributed by atoms with Crippen LogP contribution >= 0.6 is 50.5 Å².